The average molecular weight is 278 g/mol. The Hall–Kier alpha value is 0.210. The largest absolute Gasteiger partial charge is 0.378 e. The molecule has 1 heterocycles. The summed E-state index contributed by atoms with van der Waals surface area (Å²) in [5.41, 5.74) is 0. The van der Waals surface area contributed by atoms with Crippen LogP contribution in [0.2, 0.25) is 0 Å². The quantitative estimate of drug-likeness (QED) is 0.718. The second-order valence-electron chi connectivity index (χ2n) is 3.91. The Bertz CT molecular complexity index is 258. The third kappa shape index (κ3) is 2.41. The minimum absolute atomic E-state index is 0.466. The number of ether oxygens (including phenoxy) is 1. The molecular weight excluding hydrogens is 263 g/mol. The summed E-state index contributed by atoms with van der Waals surface area (Å²) in [6, 6.07) is 0. The van der Waals surface area contributed by atoms with Gasteiger partial charge in [0, 0.05) is 17.0 Å². The molecule has 0 radical (unpaired) electrons. The highest BCUT2D eigenvalue weighted by molar-refractivity contribution is 9.11. The van der Waals surface area contributed by atoms with Gasteiger partial charge in [0.1, 0.15) is 0 Å². The van der Waals surface area contributed by atoms with Gasteiger partial charge in [0.2, 0.25) is 0 Å². The van der Waals surface area contributed by atoms with E-state index >= 15 is 0 Å². The van der Waals surface area contributed by atoms with Crippen molar-refractivity contribution in [3.63, 3.8) is 0 Å². The summed E-state index contributed by atoms with van der Waals surface area (Å²) in [6.07, 6.45) is 9.33. The molecule has 1 aliphatic carbocycles. The summed E-state index contributed by atoms with van der Waals surface area (Å²) in [5, 5.41) is 0. The fourth-order valence-electron chi connectivity index (χ4n) is 1.92. The predicted octanol–water partition coefficient (Wildman–Crippen LogP) is 3.49. The molecule has 0 N–H and O–H groups in total. The van der Waals surface area contributed by atoms with Gasteiger partial charge in [-0.25, -0.2) is 0 Å². The van der Waals surface area contributed by atoms with Crippen LogP contribution in [0.25, 0.3) is 0 Å². The third-order valence-corrected chi connectivity index (χ3v) is 3.82. The zero-order valence-corrected chi connectivity index (χ0v) is 10.3. The standard InChI is InChI=1S/C11H14BrClO/c12-10-2-1-8(7-13)9(5-10)6-11-3-4-14-11/h1-2,5,8-9,11H,3-4,6-7H2/t8?,9-,11?/m0/s1. The maximum Gasteiger partial charge on any atom is 0.0602 e. The van der Waals surface area contributed by atoms with Crippen LogP contribution in [-0.2, 0) is 4.74 Å². The first-order chi connectivity index (χ1) is 6.79. The van der Waals surface area contributed by atoms with Crippen molar-refractivity contribution in [2.24, 2.45) is 11.8 Å². The van der Waals surface area contributed by atoms with Crippen LogP contribution in [0.15, 0.2) is 22.7 Å². The second-order valence-corrected chi connectivity index (χ2v) is 5.13. The fourth-order valence-corrected chi connectivity index (χ4v) is 2.75. The molecule has 1 saturated heterocycles. The summed E-state index contributed by atoms with van der Waals surface area (Å²) in [6.45, 7) is 0.934. The van der Waals surface area contributed by atoms with Gasteiger partial charge in [0.15, 0.2) is 0 Å². The Morgan fingerprint density at radius 1 is 1.50 bits per heavy atom. The Labute approximate surface area is 98.3 Å². The van der Waals surface area contributed by atoms with Crippen molar-refractivity contribution in [3.8, 4) is 0 Å². The summed E-state index contributed by atoms with van der Waals surface area (Å²) in [4.78, 5) is 0. The smallest absolute Gasteiger partial charge is 0.0602 e. The van der Waals surface area contributed by atoms with E-state index in [4.69, 9.17) is 16.3 Å². The Kier molecular flexibility index (Phi) is 3.69. The van der Waals surface area contributed by atoms with E-state index in [9.17, 15) is 0 Å². The van der Waals surface area contributed by atoms with Crippen molar-refractivity contribution in [2.45, 2.75) is 18.9 Å². The summed E-state index contributed by atoms with van der Waals surface area (Å²) < 4.78 is 6.62. The predicted molar refractivity (Wildman–Crippen MR) is 62.8 cm³/mol. The lowest BCUT2D eigenvalue weighted by atomic mass is 9.84. The summed E-state index contributed by atoms with van der Waals surface area (Å²) >= 11 is 9.44. The molecule has 0 aromatic heterocycles. The van der Waals surface area contributed by atoms with Crippen LogP contribution in [-0.4, -0.2) is 18.6 Å². The van der Waals surface area contributed by atoms with Gasteiger partial charge < -0.3 is 4.74 Å². The topological polar surface area (TPSA) is 9.23 Å². The van der Waals surface area contributed by atoms with Crippen molar-refractivity contribution < 1.29 is 4.74 Å². The molecule has 78 valence electrons. The molecule has 2 rings (SSSR count). The molecule has 0 aromatic carbocycles. The molecule has 2 aliphatic rings. The van der Waals surface area contributed by atoms with Crippen LogP contribution in [0.5, 0.6) is 0 Å². The molecule has 0 bridgehead atoms. The van der Waals surface area contributed by atoms with Crippen LogP contribution in [0.3, 0.4) is 0 Å². The molecule has 0 saturated carbocycles. The number of allylic oxidation sites excluding steroid dienone is 4. The first-order valence-corrected chi connectivity index (χ1v) is 6.35. The number of hydrogen-bond acceptors (Lipinski definition) is 1. The number of rotatable bonds is 3. The molecule has 1 fully saturated rings. The molecule has 3 heteroatoms. The van der Waals surface area contributed by atoms with Crippen molar-refractivity contribution in [1.82, 2.24) is 0 Å². The Morgan fingerprint density at radius 3 is 2.86 bits per heavy atom. The maximum atomic E-state index is 5.93. The normalized spacial score (nSPS) is 36.4. The maximum absolute atomic E-state index is 5.93. The number of halogens is 2. The first-order valence-electron chi connectivity index (χ1n) is 5.02. The van der Waals surface area contributed by atoms with E-state index in [1.807, 2.05) is 0 Å². The van der Waals surface area contributed by atoms with Gasteiger partial charge in [-0.1, -0.05) is 34.2 Å². The lowest BCUT2D eigenvalue weighted by molar-refractivity contribution is -0.0617. The van der Waals surface area contributed by atoms with Crippen molar-refractivity contribution in [1.29, 1.82) is 0 Å². The van der Waals surface area contributed by atoms with E-state index in [2.05, 4.69) is 34.2 Å². The van der Waals surface area contributed by atoms with E-state index in [-0.39, 0.29) is 0 Å². The Morgan fingerprint density at radius 2 is 2.29 bits per heavy atom. The van der Waals surface area contributed by atoms with Crippen LogP contribution in [0.4, 0.5) is 0 Å². The molecule has 14 heavy (non-hydrogen) atoms. The molecule has 2 unspecified atom stereocenters. The lowest BCUT2D eigenvalue weighted by Gasteiger charge is -2.32. The van der Waals surface area contributed by atoms with Crippen LogP contribution in [0.1, 0.15) is 12.8 Å². The van der Waals surface area contributed by atoms with E-state index in [0.29, 0.717) is 23.8 Å². The Balaban J connectivity index is 1.95. The minimum Gasteiger partial charge on any atom is -0.378 e. The van der Waals surface area contributed by atoms with Crippen molar-refractivity contribution in [3.05, 3.63) is 22.7 Å². The molecule has 3 atom stereocenters. The number of hydrogen-bond donors (Lipinski definition) is 0. The molecule has 0 amide bonds. The van der Waals surface area contributed by atoms with E-state index in [0.717, 1.165) is 13.0 Å². The lowest BCUT2D eigenvalue weighted by Crippen LogP contribution is -2.31. The third-order valence-electron chi connectivity index (χ3n) is 2.93. The fraction of sp³-hybridized carbons (Fsp3) is 0.636. The van der Waals surface area contributed by atoms with Crippen LogP contribution in [0, 0.1) is 11.8 Å². The highest BCUT2D eigenvalue weighted by Crippen LogP contribution is 2.32. The van der Waals surface area contributed by atoms with Gasteiger partial charge in [-0.15, -0.1) is 11.6 Å². The highest BCUT2D eigenvalue weighted by atomic mass is 79.9. The van der Waals surface area contributed by atoms with Gasteiger partial charge in [0.05, 0.1) is 6.10 Å². The molecule has 0 spiro atoms. The first kappa shape index (κ1) is 10.7. The molecule has 1 aliphatic heterocycles. The average Bonchev–Trinajstić information content (AvgIpc) is 2.12. The van der Waals surface area contributed by atoms with E-state index in [1.165, 1.54) is 10.9 Å². The van der Waals surface area contributed by atoms with Gasteiger partial charge in [-0.2, -0.15) is 0 Å². The monoisotopic (exact) mass is 276 g/mol. The molecular formula is C11H14BrClO. The van der Waals surface area contributed by atoms with Gasteiger partial charge >= 0.3 is 0 Å². The van der Waals surface area contributed by atoms with Crippen LogP contribution < -0.4 is 0 Å². The SMILES string of the molecule is ClCC1C=CC(Br)=C[C@H]1CC1CCO1. The van der Waals surface area contributed by atoms with Crippen molar-refractivity contribution >= 4 is 27.5 Å². The van der Waals surface area contributed by atoms with Gasteiger partial charge in [0.25, 0.3) is 0 Å². The highest BCUT2D eigenvalue weighted by Gasteiger charge is 2.27. The van der Waals surface area contributed by atoms with E-state index in [1.54, 1.807) is 0 Å². The number of alkyl halides is 1. The minimum atomic E-state index is 0.466. The van der Waals surface area contributed by atoms with Gasteiger partial charge in [-0.05, 0) is 24.7 Å². The summed E-state index contributed by atoms with van der Waals surface area (Å²) in [7, 11) is 0. The van der Waals surface area contributed by atoms with Gasteiger partial charge in [-0.3, -0.25) is 0 Å². The van der Waals surface area contributed by atoms with Crippen molar-refractivity contribution in [2.75, 3.05) is 12.5 Å². The second kappa shape index (κ2) is 4.82. The zero-order chi connectivity index (χ0) is 9.97. The van der Waals surface area contributed by atoms with Crippen LogP contribution >= 0.6 is 27.5 Å². The van der Waals surface area contributed by atoms with E-state index < -0.39 is 0 Å². The summed E-state index contributed by atoms with van der Waals surface area (Å²) in [5.74, 6) is 1.71. The molecule has 0 aromatic rings. The zero-order valence-electron chi connectivity index (χ0n) is 7.96. The molecule has 1 nitrogen and oxygen atoms in total.